The Morgan fingerprint density at radius 3 is 2.58 bits per heavy atom. The normalized spacial score (nSPS) is 15.2. The van der Waals surface area contributed by atoms with Crippen LogP contribution < -0.4 is 9.47 Å². The second-order valence-corrected chi connectivity index (χ2v) is 5.40. The monoisotopic (exact) mass is 343 g/mol. The summed E-state index contributed by atoms with van der Waals surface area (Å²) >= 11 is 5.95. The summed E-state index contributed by atoms with van der Waals surface area (Å²) in [4.78, 5) is 16.3. The van der Waals surface area contributed by atoms with Crippen molar-refractivity contribution in [1.82, 2.24) is 0 Å². The fourth-order valence-electron chi connectivity index (χ4n) is 2.25. The van der Waals surface area contributed by atoms with Gasteiger partial charge in [-0.3, -0.25) is 0 Å². The van der Waals surface area contributed by atoms with E-state index in [9.17, 15) is 4.79 Å². The highest BCUT2D eigenvalue weighted by atomic mass is 35.5. The summed E-state index contributed by atoms with van der Waals surface area (Å²) in [6.45, 7) is 0. The van der Waals surface area contributed by atoms with Crippen LogP contribution in [0, 0.1) is 0 Å². The molecule has 2 aromatic rings. The van der Waals surface area contributed by atoms with Crippen LogP contribution in [0.25, 0.3) is 6.08 Å². The van der Waals surface area contributed by atoms with E-state index in [0.717, 1.165) is 5.56 Å². The molecule has 24 heavy (non-hydrogen) atoms. The zero-order chi connectivity index (χ0) is 17.1. The van der Waals surface area contributed by atoms with Gasteiger partial charge < -0.3 is 14.2 Å². The van der Waals surface area contributed by atoms with Crippen molar-refractivity contribution in [3.05, 3.63) is 64.3 Å². The van der Waals surface area contributed by atoms with E-state index >= 15 is 0 Å². The first-order valence-electron chi connectivity index (χ1n) is 7.11. The Bertz CT molecular complexity index is 858. The largest absolute Gasteiger partial charge is 0.493 e. The predicted octanol–water partition coefficient (Wildman–Crippen LogP) is 3.70. The maximum atomic E-state index is 12.0. The fraction of sp³-hybridized carbons (Fsp3) is 0.111. The Balaban J connectivity index is 1.94. The van der Waals surface area contributed by atoms with Gasteiger partial charge >= 0.3 is 5.97 Å². The van der Waals surface area contributed by atoms with E-state index in [1.54, 1.807) is 62.8 Å². The number of nitrogens with zero attached hydrogens (tertiary/aromatic N) is 1. The Morgan fingerprint density at radius 1 is 1.08 bits per heavy atom. The van der Waals surface area contributed by atoms with Crippen LogP contribution in [0.3, 0.4) is 0 Å². The van der Waals surface area contributed by atoms with Crippen molar-refractivity contribution < 1.29 is 19.0 Å². The Labute approximate surface area is 144 Å². The first-order valence-corrected chi connectivity index (χ1v) is 7.49. The van der Waals surface area contributed by atoms with Gasteiger partial charge in [0.15, 0.2) is 17.2 Å². The maximum Gasteiger partial charge on any atom is 0.363 e. The van der Waals surface area contributed by atoms with Gasteiger partial charge in [-0.1, -0.05) is 23.7 Å². The molecule has 1 aliphatic rings. The Morgan fingerprint density at radius 2 is 1.88 bits per heavy atom. The molecule has 0 fully saturated rings. The molecule has 3 rings (SSSR count). The van der Waals surface area contributed by atoms with Crippen molar-refractivity contribution in [1.29, 1.82) is 0 Å². The van der Waals surface area contributed by atoms with Gasteiger partial charge in [0.2, 0.25) is 5.90 Å². The third-order valence-corrected chi connectivity index (χ3v) is 3.64. The third-order valence-electron chi connectivity index (χ3n) is 3.40. The van der Waals surface area contributed by atoms with Gasteiger partial charge in [-0.2, -0.15) is 0 Å². The molecule has 0 bridgehead atoms. The van der Waals surface area contributed by atoms with Crippen molar-refractivity contribution in [3.63, 3.8) is 0 Å². The lowest BCUT2D eigenvalue weighted by molar-refractivity contribution is -0.129. The quantitative estimate of drug-likeness (QED) is 0.627. The van der Waals surface area contributed by atoms with Crippen molar-refractivity contribution >= 4 is 29.5 Å². The number of ether oxygens (including phenoxy) is 3. The zero-order valence-electron chi connectivity index (χ0n) is 13.1. The highest BCUT2D eigenvalue weighted by molar-refractivity contribution is 6.31. The minimum absolute atomic E-state index is 0.206. The van der Waals surface area contributed by atoms with Gasteiger partial charge in [0, 0.05) is 10.6 Å². The molecular formula is C18H14ClNO4. The molecule has 0 radical (unpaired) electrons. The number of rotatable bonds is 4. The summed E-state index contributed by atoms with van der Waals surface area (Å²) in [6.07, 6.45) is 1.63. The molecule has 0 atom stereocenters. The second-order valence-electron chi connectivity index (χ2n) is 4.96. The van der Waals surface area contributed by atoms with E-state index in [0.29, 0.717) is 22.1 Å². The predicted molar refractivity (Wildman–Crippen MR) is 91.6 cm³/mol. The van der Waals surface area contributed by atoms with E-state index in [4.69, 9.17) is 25.8 Å². The average Bonchev–Trinajstić information content (AvgIpc) is 2.95. The number of methoxy groups -OCH3 is 2. The standard InChI is InChI=1S/C18H14ClNO4/c1-22-15-7-6-11(9-16(15)23-2)8-14-18(21)24-17(20-14)12-4-3-5-13(19)10-12/h3-10H,1-2H3. The van der Waals surface area contributed by atoms with Crippen LogP contribution in [0.1, 0.15) is 11.1 Å². The number of cyclic esters (lactones) is 1. The molecule has 0 saturated heterocycles. The fourth-order valence-corrected chi connectivity index (χ4v) is 2.44. The van der Waals surface area contributed by atoms with Crippen molar-refractivity contribution in [2.45, 2.75) is 0 Å². The lowest BCUT2D eigenvalue weighted by atomic mass is 10.1. The van der Waals surface area contributed by atoms with Crippen LogP contribution in [0.2, 0.25) is 5.02 Å². The maximum absolute atomic E-state index is 12.0. The third kappa shape index (κ3) is 3.26. The molecule has 1 aliphatic heterocycles. The number of hydrogen-bond donors (Lipinski definition) is 0. The van der Waals surface area contributed by atoms with Crippen molar-refractivity contribution in [3.8, 4) is 11.5 Å². The lowest BCUT2D eigenvalue weighted by Gasteiger charge is -2.07. The van der Waals surface area contributed by atoms with Gasteiger partial charge in [0.05, 0.1) is 14.2 Å². The van der Waals surface area contributed by atoms with E-state index < -0.39 is 5.97 Å². The number of aliphatic imine (C=N–C) groups is 1. The summed E-state index contributed by atoms with van der Waals surface area (Å²) in [7, 11) is 3.11. The van der Waals surface area contributed by atoms with Gasteiger partial charge in [0.1, 0.15) is 0 Å². The molecule has 0 amide bonds. The van der Waals surface area contributed by atoms with E-state index in [-0.39, 0.29) is 11.6 Å². The van der Waals surface area contributed by atoms with E-state index in [2.05, 4.69) is 4.99 Å². The zero-order valence-corrected chi connectivity index (χ0v) is 13.8. The highest BCUT2D eigenvalue weighted by Gasteiger charge is 2.24. The summed E-state index contributed by atoms with van der Waals surface area (Å²) in [5.74, 6) is 0.892. The van der Waals surface area contributed by atoms with Crippen LogP contribution in [0.5, 0.6) is 11.5 Å². The van der Waals surface area contributed by atoms with Crippen LogP contribution in [0.15, 0.2) is 53.2 Å². The number of halogens is 1. The Hall–Kier alpha value is -2.79. The highest BCUT2D eigenvalue weighted by Crippen LogP contribution is 2.29. The molecule has 5 nitrogen and oxygen atoms in total. The second kappa shape index (κ2) is 6.76. The number of hydrogen-bond acceptors (Lipinski definition) is 5. The minimum atomic E-state index is -0.514. The first kappa shape index (κ1) is 16.1. The summed E-state index contributed by atoms with van der Waals surface area (Å²) in [5.41, 5.74) is 1.60. The van der Waals surface area contributed by atoms with Crippen LogP contribution in [-0.4, -0.2) is 26.1 Å². The first-order chi connectivity index (χ1) is 11.6. The van der Waals surface area contributed by atoms with E-state index in [1.165, 1.54) is 0 Å². The molecular weight excluding hydrogens is 330 g/mol. The molecule has 1 heterocycles. The number of carbonyl (C=O) groups excluding carboxylic acids is 1. The van der Waals surface area contributed by atoms with Crippen LogP contribution in [-0.2, 0) is 9.53 Å². The Kier molecular flexibility index (Phi) is 4.53. The lowest BCUT2D eigenvalue weighted by Crippen LogP contribution is -2.05. The molecule has 0 aliphatic carbocycles. The molecule has 0 aromatic heterocycles. The molecule has 0 spiro atoms. The minimum Gasteiger partial charge on any atom is -0.493 e. The van der Waals surface area contributed by atoms with Crippen LogP contribution >= 0.6 is 11.6 Å². The average molecular weight is 344 g/mol. The topological polar surface area (TPSA) is 57.1 Å². The van der Waals surface area contributed by atoms with E-state index in [1.807, 2.05) is 0 Å². The molecule has 0 N–H and O–H groups in total. The summed E-state index contributed by atoms with van der Waals surface area (Å²) in [5, 5.41) is 0.545. The summed E-state index contributed by atoms with van der Waals surface area (Å²) < 4.78 is 15.7. The smallest absolute Gasteiger partial charge is 0.363 e. The number of carbonyl (C=O) groups is 1. The van der Waals surface area contributed by atoms with Gasteiger partial charge in [0.25, 0.3) is 0 Å². The van der Waals surface area contributed by atoms with Gasteiger partial charge in [-0.15, -0.1) is 0 Å². The van der Waals surface area contributed by atoms with Crippen LogP contribution in [0.4, 0.5) is 0 Å². The van der Waals surface area contributed by atoms with Gasteiger partial charge in [-0.05, 0) is 42.0 Å². The SMILES string of the molecule is COc1ccc(C=C2N=C(c3cccc(Cl)c3)OC2=O)cc1OC. The van der Waals surface area contributed by atoms with Crippen molar-refractivity contribution in [2.24, 2.45) is 4.99 Å². The molecule has 6 heteroatoms. The molecule has 2 aromatic carbocycles. The molecule has 0 unspecified atom stereocenters. The molecule has 122 valence electrons. The number of esters is 1. The molecule has 0 saturated carbocycles. The summed E-state index contributed by atoms with van der Waals surface area (Å²) in [6, 6.07) is 12.3. The van der Waals surface area contributed by atoms with Crippen molar-refractivity contribution in [2.75, 3.05) is 14.2 Å². The number of benzene rings is 2. The van der Waals surface area contributed by atoms with Gasteiger partial charge in [-0.25, -0.2) is 9.79 Å².